The summed E-state index contributed by atoms with van der Waals surface area (Å²) >= 11 is 0. The molecule has 0 fully saturated rings. The van der Waals surface area contributed by atoms with E-state index in [-0.39, 0.29) is 5.57 Å². The predicted octanol–water partition coefficient (Wildman–Crippen LogP) is 0.910. The summed E-state index contributed by atoms with van der Waals surface area (Å²) in [6, 6.07) is 1.49. The molecule has 0 amide bonds. The molecule has 0 aliphatic heterocycles. The number of aryl methyl sites for hydroxylation is 1. The number of hydrogen-bond donors (Lipinski definition) is 1. The van der Waals surface area contributed by atoms with Gasteiger partial charge in [0.05, 0.1) is 19.1 Å². The maximum Gasteiger partial charge on any atom is 0.339 e. The van der Waals surface area contributed by atoms with Gasteiger partial charge in [-0.15, -0.1) is 0 Å². The van der Waals surface area contributed by atoms with Crippen molar-refractivity contribution in [3.05, 3.63) is 29.8 Å². The van der Waals surface area contributed by atoms with Gasteiger partial charge in [-0.05, 0) is 6.07 Å². The van der Waals surface area contributed by atoms with E-state index in [0.717, 1.165) is 6.26 Å². The van der Waals surface area contributed by atoms with Crippen molar-refractivity contribution in [3.8, 4) is 0 Å². The molecule has 1 heterocycles. The fourth-order valence-corrected chi connectivity index (χ4v) is 1.21. The van der Waals surface area contributed by atoms with E-state index in [1.54, 1.807) is 17.8 Å². The Labute approximate surface area is 86.6 Å². The first kappa shape index (κ1) is 11.0. The highest BCUT2D eigenvalue weighted by Gasteiger charge is 2.13. The molecule has 80 valence electrons. The molecule has 1 N–H and O–H groups in total. The van der Waals surface area contributed by atoms with E-state index in [9.17, 15) is 9.59 Å². The standard InChI is InChI=1S/C10H11NO4/c1-11-4-7(3-8(11)5-12)9(6-15-2)10(13)14/h3-6H,1-2H3,(H,13,14)/b9-6+. The molecule has 0 bridgehead atoms. The van der Waals surface area contributed by atoms with E-state index < -0.39 is 5.97 Å². The SMILES string of the molecule is CO/C=C(/C(=O)O)c1cc(C=O)n(C)c1. The Balaban J connectivity index is 3.18. The van der Waals surface area contributed by atoms with Crippen molar-refractivity contribution >= 4 is 17.8 Å². The van der Waals surface area contributed by atoms with Crippen LogP contribution in [0.4, 0.5) is 0 Å². The van der Waals surface area contributed by atoms with Gasteiger partial charge in [-0.2, -0.15) is 0 Å². The van der Waals surface area contributed by atoms with Crippen molar-refractivity contribution in [1.82, 2.24) is 4.57 Å². The number of aldehydes is 1. The van der Waals surface area contributed by atoms with Crippen molar-refractivity contribution in [2.75, 3.05) is 7.11 Å². The number of hydrogen-bond acceptors (Lipinski definition) is 3. The number of nitrogens with zero attached hydrogens (tertiary/aromatic N) is 1. The van der Waals surface area contributed by atoms with Gasteiger partial charge in [0.2, 0.25) is 0 Å². The lowest BCUT2D eigenvalue weighted by Crippen LogP contribution is -1.99. The fraction of sp³-hybridized carbons (Fsp3) is 0.200. The fourth-order valence-electron chi connectivity index (χ4n) is 1.21. The molecule has 0 saturated carbocycles. The molecular formula is C10H11NO4. The minimum absolute atomic E-state index is 0.0150. The lowest BCUT2D eigenvalue weighted by molar-refractivity contribution is -0.130. The molecule has 0 spiro atoms. The Morgan fingerprint density at radius 2 is 2.27 bits per heavy atom. The number of carboxylic acid groups (broad SMARTS) is 1. The molecule has 0 unspecified atom stereocenters. The predicted molar refractivity (Wildman–Crippen MR) is 53.4 cm³/mol. The first-order valence-corrected chi connectivity index (χ1v) is 4.18. The lowest BCUT2D eigenvalue weighted by Gasteiger charge is -1.97. The molecule has 5 nitrogen and oxygen atoms in total. The average molecular weight is 209 g/mol. The monoisotopic (exact) mass is 209 g/mol. The molecular weight excluding hydrogens is 198 g/mol. The van der Waals surface area contributed by atoms with Crippen LogP contribution in [0.3, 0.4) is 0 Å². The molecule has 0 aliphatic rings. The molecule has 0 atom stereocenters. The smallest absolute Gasteiger partial charge is 0.339 e. The molecule has 1 aromatic rings. The number of aliphatic carboxylic acids is 1. The third-order valence-corrected chi connectivity index (χ3v) is 1.94. The van der Waals surface area contributed by atoms with E-state index in [2.05, 4.69) is 4.74 Å². The van der Waals surface area contributed by atoms with Gasteiger partial charge in [0.15, 0.2) is 6.29 Å². The number of carbonyl (C=O) groups excluding carboxylic acids is 1. The van der Waals surface area contributed by atoms with Crippen molar-refractivity contribution in [3.63, 3.8) is 0 Å². The van der Waals surface area contributed by atoms with Crippen LogP contribution in [0.2, 0.25) is 0 Å². The van der Waals surface area contributed by atoms with Crippen LogP contribution in [0.5, 0.6) is 0 Å². The number of carboxylic acids is 1. The largest absolute Gasteiger partial charge is 0.503 e. The second kappa shape index (κ2) is 4.45. The molecule has 0 radical (unpaired) electrons. The summed E-state index contributed by atoms with van der Waals surface area (Å²) in [7, 11) is 3.03. The topological polar surface area (TPSA) is 68.5 Å². The average Bonchev–Trinajstić information content (AvgIpc) is 2.55. The van der Waals surface area contributed by atoms with Gasteiger partial charge in [0.25, 0.3) is 0 Å². The van der Waals surface area contributed by atoms with E-state index in [4.69, 9.17) is 5.11 Å². The Morgan fingerprint density at radius 1 is 1.60 bits per heavy atom. The van der Waals surface area contributed by atoms with Crippen LogP contribution in [0.15, 0.2) is 18.5 Å². The highest BCUT2D eigenvalue weighted by atomic mass is 16.5. The Kier molecular flexibility index (Phi) is 3.28. The van der Waals surface area contributed by atoms with Gasteiger partial charge >= 0.3 is 5.97 Å². The van der Waals surface area contributed by atoms with Gasteiger partial charge in [-0.25, -0.2) is 4.79 Å². The first-order chi connectivity index (χ1) is 7.10. The summed E-state index contributed by atoms with van der Waals surface area (Å²) < 4.78 is 6.21. The van der Waals surface area contributed by atoms with Crippen LogP contribution in [0.25, 0.3) is 5.57 Å². The lowest BCUT2D eigenvalue weighted by atomic mass is 10.1. The van der Waals surface area contributed by atoms with Crippen molar-refractivity contribution in [2.45, 2.75) is 0 Å². The van der Waals surface area contributed by atoms with Crippen LogP contribution >= 0.6 is 0 Å². The molecule has 1 rings (SSSR count). The minimum Gasteiger partial charge on any atom is -0.503 e. The summed E-state index contributed by atoms with van der Waals surface area (Å²) in [4.78, 5) is 21.4. The second-order valence-corrected chi connectivity index (χ2v) is 2.95. The third-order valence-electron chi connectivity index (χ3n) is 1.94. The molecule has 0 aliphatic carbocycles. The second-order valence-electron chi connectivity index (χ2n) is 2.95. The molecule has 15 heavy (non-hydrogen) atoms. The number of ether oxygens (including phenoxy) is 1. The van der Waals surface area contributed by atoms with Crippen LogP contribution in [-0.2, 0) is 16.6 Å². The Bertz CT molecular complexity index is 417. The van der Waals surface area contributed by atoms with Crippen molar-refractivity contribution in [1.29, 1.82) is 0 Å². The minimum atomic E-state index is -1.10. The van der Waals surface area contributed by atoms with Crippen LogP contribution < -0.4 is 0 Å². The molecule has 5 heteroatoms. The van der Waals surface area contributed by atoms with Gasteiger partial charge in [-0.3, -0.25) is 4.79 Å². The zero-order valence-corrected chi connectivity index (χ0v) is 8.43. The van der Waals surface area contributed by atoms with E-state index in [1.165, 1.54) is 13.2 Å². The molecule has 0 aromatic carbocycles. The summed E-state index contributed by atoms with van der Waals surface area (Å²) in [6.45, 7) is 0. The summed E-state index contributed by atoms with van der Waals surface area (Å²) in [6.07, 6.45) is 3.35. The van der Waals surface area contributed by atoms with E-state index in [1.807, 2.05) is 0 Å². The van der Waals surface area contributed by atoms with Gasteiger partial charge in [-0.1, -0.05) is 0 Å². The number of aromatic nitrogens is 1. The first-order valence-electron chi connectivity index (χ1n) is 4.18. The van der Waals surface area contributed by atoms with E-state index in [0.29, 0.717) is 17.5 Å². The summed E-state index contributed by atoms with van der Waals surface area (Å²) in [5, 5.41) is 8.88. The maximum atomic E-state index is 10.9. The van der Waals surface area contributed by atoms with Crippen LogP contribution in [0, 0.1) is 0 Å². The summed E-state index contributed by atoms with van der Waals surface area (Å²) in [5.74, 6) is -1.10. The summed E-state index contributed by atoms with van der Waals surface area (Å²) in [5.41, 5.74) is 0.864. The zero-order valence-electron chi connectivity index (χ0n) is 8.43. The van der Waals surface area contributed by atoms with Crippen molar-refractivity contribution < 1.29 is 19.4 Å². The highest BCUT2D eigenvalue weighted by molar-refractivity contribution is 6.15. The quantitative estimate of drug-likeness (QED) is 0.454. The van der Waals surface area contributed by atoms with Crippen LogP contribution in [0.1, 0.15) is 16.1 Å². The normalized spacial score (nSPS) is 11.2. The van der Waals surface area contributed by atoms with E-state index >= 15 is 0 Å². The van der Waals surface area contributed by atoms with Gasteiger partial charge < -0.3 is 14.4 Å². The van der Waals surface area contributed by atoms with Crippen LogP contribution in [-0.4, -0.2) is 29.0 Å². The third kappa shape index (κ3) is 2.25. The number of methoxy groups -OCH3 is 1. The van der Waals surface area contributed by atoms with Gasteiger partial charge in [0, 0.05) is 18.8 Å². The van der Waals surface area contributed by atoms with Gasteiger partial charge in [0.1, 0.15) is 5.57 Å². The zero-order chi connectivity index (χ0) is 11.4. The Hall–Kier alpha value is -2.04. The number of rotatable bonds is 4. The number of carbonyl (C=O) groups is 2. The van der Waals surface area contributed by atoms with Crippen molar-refractivity contribution in [2.24, 2.45) is 7.05 Å². The molecule has 0 saturated heterocycles. The Morgan fingerprint density at radius 3 is 2.67 bits per heavy atom. The molecule has 1 aromatic heterocycles. The highest BCUT2D eigenvalue weighted by Crippen LogP contribution is 2.17. The maximum absolute atomic E-state index is 10.9.